The summed E-state index contributed by atoms with van der Waals surface area (Å²) in [6.07, 6.45) is 5.88. The Morgan fingerprint density at radius 1 is 1.17 bits per heavy atom. The molecule has 3 aromatic rings. The average molecular weight is 405 g/mol. The first-order valence-electron chi connectivity index (χ1n) is 10.3. The summed E-state index contributed by atoms with van der Waals surface area (Å²) in [4.78, 5) is 15.6. The van der Waals surface area contributed by atoms with Crippen LogP contribution in [-0.2, 0) is 4.79 Å². The molecular weight excluding hydrogens is 381 g/mol. The van der Waals surface area contributed by atoms with Gasteiger partial charge >= 0.3 is 5.97 Å². The molecule has 154 valence electrons. The number of aliphatic hydroxyl groups is 1. The highest BCUT2D eigenvalue weighted by Gasteiger charge is 2.29. The number of hydrogen-bond acceptors (Lipinski definition) is 3. The Bertz CT molecular complexity index is 1090. The van der Waals surface area contributed by atoms with E-state index in [4.69, 9.17) is 10.1 Å². The predicted octanol–water partition coefficient (Wildman–Crippen LogP) is 5.55. The van der Waals surface area contributed by atoms with E-state index in [1.807, 2.05) is 30.3 Å². The van der Waals surface area contributed by atoms with Crippen molar-refractivity contribution < 1.29 is 19.4 Å². The van der Waals surface area contributed by atoms with Gasteiger partial charge in [-0.2, -0.15) is 0 Å². The Morgan fingerprint density at radius 2 is 1.90 bits per heavy atom. The Morgan fingerprint density at radius 3 is 2.60 bits per heavy atom. The molecule has 1 saturated carbocycles. The molecule has 1 unspecified atom stereocenters. The van der Waals surface area contributed by atoms with Crippen LogP contribution in [-0.4, -0.2) is 27.3 Å². The number of halogens is 1. The normalized spacial score (nSPS) is 15.0. The van der Waals surface area contributed by atoms with Crippen LogP contribution in [0.15, 0.2) is 54.6 Å². The minimum Gasteiger partial charge on any atom is -0.481 e. The van der Waals surface area contributed by atoms with Crippen molar-refractivity contribution in [2.75, 3.05) is 0 Å². The van der Waals surface area contributed by atoms with E-state index in [2.05, 4.69) is 0 Å². The lowest BCUT2D eigenvalue weighted by Crippen LogP contribution is -2.04. The molecular formula is C25H24FNO3. The number of benzene rings is 2. The highest BCUT2D eigenvalue weighted by molar-refractivity contribution is 5.99. The van der Waals surface area contributed by atoms with Gasteiger partial charge in [0.1, 0.15) is 5.82 Å². The van der Waals surface area contributed by atoms with Gasteiger partial charge in [0, 0.05) is 28.9 Å². The van der Waals surface area contributed by atoms with Crippen LogP contribution < -0.4 is 0 Å². The van der Waals surface area contributed by atoms with E-state index in [1.54, 1.807) is 18.2 Å². The number of nitrogens with zero attached hydrogens (tertiary/aromatic N) is 1. The van der Waals surface area contributed by atoms with E-state index in [9.17, 15) is 14.3 Å². The molecule has 1 aromatic heterocycles. The quantitative estimate of drug-likeness (QED) is 0.516. The molecule has 1 aliphatic rings. The van der Waals surface area contributed by atoms with E-state index in [0.717, 1.165) is 46.1 Å². The van der Waals surface area contributed by atoms with Gasteiger partial charge in [0.05, 0.1) is 17.3 Å². The largest absolute Gasteiger partial charge is 0.481 e. The summed E-state index contributed by atoms with van der Waals surface area (Å²) in [6.45, 7) is 0. The molecule has 1 aliphatic carbocycles. The van der Waals surface area contributed by atoms with E-state index < -0.39 is 12.1 Å². The first-order valence-corrected chi connectivity index (χ1v) is 10.3. The number of rotatable bonds is 8. The van der Waals surface area contributed by atoms with Crippen LogP contribution in [0.5, 0.6) is 0 Å². The standard InChI is InChI=1S/C25H24FNO3/c26-18-12-10-16(11-13-18)24-20-5-1-2-6-22(20)27-25(17-8-9-17)21(24)15-14-19(28)4-3-7-23(29)30/h1-2,5-6,10-15,17,19,28H,3-4,7-9H2,(H,29,30)/b15-14+. The average Bonchev–Trinajstić information content (AvgIpc) is 3.57. The highest BCUT2D eigenvalue weighted by Crippen LogP contribution is 2.45. The Labute approximate surface area is 174 Å². The second-order valence-electron chi connectivity index (χ2n) is 7.80. The Hall–Kier alpha value is -3.05. The molecule has 0 radical (unpaired) electrons. The molecule has 1 atom stereocenters. The van der Waals surface area contributed by atoms with E-state index in [-0.39, 0.29) is 12.2 Å². The third kappa shape index (κ3) is 4.57. The third-order valence-corrected chi connectivity index (χ3v) is 5.43. The molecule has 0 spiro atoms. The molecule has 0 amide bonds. The molecule has 2 N–H and O–H groups in total. The fourth-order valence-corrected chi connectivity index (χ4v) is 3.78. The lowest BCUT2D eigenvalue weighted by Gasteiger charge is -2.16. The van der Waals surface area contributed by atoms with Crippen LogP contribution in [0.25, 0.3) is 28.1 Å². The number of carboxylic acids is 1. The second-order valence-corrected chi connectivity index (χ2v) is 7.80. The number of hydrogen-bond donors (Lipinski definition) is 2. The SMILES string of the molecule is O=C(O)CCCC(O)/C=C/c1c(C2CC2)nc2ccccc2c1-c1ccc(F)cc1. The van der Waals surface area contributed by atoms with Gasteiger partial charge in [0.25, 0.3) is 0 Å². The maximum absolute atomic E-state index is 13.6. The summed E-state index contributed by atoms with van der Waals surface area (Å²) < 4.78 is 13.6. The number of para-hydroxylation sites is 1. The van der Waals surface area contributed by atoms with Gasteiger partial charge in [-0.25, -0.2) is 4.39 Å². The van der Waals surface area contributed by atoms with E-state index in [1.165, 1.54) is 12.1 Å². The monoisotopic (exact) mass is 405 g/mol. The molecule has 0 aliphatic heterocycles. The lowest BCUT2D eigenvalue weighted by atomic mass is 9.92. The summed E-state index contributed by atoms with van der Waals surface area (Å²) in [7, 11) is 0. The number of pyridine rings is 1. The summed E-state index contributed by atoms with van der Waals surface area (Å²) >= 11 is 0. The molecule has 2 aromatic carbocycles. The van der Waals surface area contributed by atoms with Gasteiger partial charge in [-0.05, 0) is 49.4 Å². The maximum Gasteiger partial charge on any atom is 0.303 e. The maximum atomic E-state index is 13.6. The van der Waals surface area contributed by atoms with Crippen LogP contribution in [0, 0.1) is 5.82 Å². The fourth-order valence-electron chi connectivity index (χ4n) is 3.78. The molecule has 1 fully saturated rings. The molecule has 5 heteroatoms. The predicted molar refractivity (Wildman–Crippen MR) is 116 cm³/mol. The van der Waals surface area contributed by atoms with Crippen LogP contribution in [0.3, 0.4) is 0 Å². The number of fused-ring (bicyclic) bond motifs is 1. The molecule has 4 rings (SSSR count). The topological polar surface area (TPSA) is 70.4 Å². The molecule has 30 heavy (non-hydrogen) atoms. The molecule has 0 saturated heterocycles. The van der Waals surface area contributed by atoms with Crippen molar-refractivity contribution in [3.63, 3.8) is 0 Å². The van der Waals surface area contributed by atoms with Gasteiger partial charge in [-0.15, -0.1) is 0 Å². The first kappa shape index (κ1) is 20.2. The van der Waals surface area contributed by atoms with Crippen molar-refractivity contribution in [1.82, 2.24) is 4.98 Å². The highest BCUT2D eigenvalue weighted by atomic mass is 19.1. The first-order chi connectivity index (χ1) is 14.5. The van der Waals surface area contributed by atoms with Crippen molar-refractivity contribution in [2.24, 2.45) is 0 Å². The molecule has 0 bridgehead atoms. The van der Waals surface area contributed by atoms with Crippen LogP contribution in [0.4, 0.5) is 4.39 Å². The lowest BCUT2D eigenvalue weighted by molar-refractivity contribution is -0.137. The summed E-state index contributed by atoms with van der Waals surface area (Å²) in [5, 5.41) is 20.1. The third-order valence-electron chi connectivity index (χ3n) is 5.43. The Balaban J connectivity index is 1.79. The van der Waals surface area contributed by atoms with Crippen LogP contribution in [0.2, 0.25) is 0 Å². The van der Waals surface area contributed by atoms with Crippen LogP contribution >= 0.6 is 0 Å². The molecule has 1 heterocycles. The summed E-state index contributed by atoms with van der Waals surface area (Å²) in [5.74, 6) is -0.761. The zero-order valence-corrected chi connectivity index (χ0v) is 16.6. The number of aliphatic hydroxyl groups excluding tert-OH is 1. The zero-order chi connectivity index (χ0) is 21.1. The summed E-state index contributed by atoms with van der Waals surface area (Å²) in [6, 6.07) is 14.4. The zero-order valence-electron chi connectivity index (χ0n) is 16.6. The van der Waals surface area contributed by atoms with Crippen molar-refractivity contribution in [1.29, 1.82) is 0 Å². The van der Waals surface area contributed by atoms with Crippen molar-refractivity contribution in [3.8, 4) is 11.1 Å². The second kappa shape index (κ2) is 8.76. The van der Waals surface area contributed by atoms with Gasteiger partial charge < -0.3 is 10.2 Å². The van der Waals surface area contributed by atoms with Gasteiger partial charge in [-0.1, -0.05) is 42.5 Å². The van der Waals surface area contributed by atoms with Crippen LogP contribution in [0.1, 0.15) is 49.3 Å². The van der Waals surface area contributed by atoms with Crippen molar-refractivity contribution in [2.45, 2.75) is 44.1 Å². The minimum absolute atomic E-state index is 0.0383. The van der Waals surface area contributed by atoms with Gasteiger partial charge in [0.2, 0.25) is 0 Å². The fraction of sp³-hybridized carbons (Fsp3) is 0.280. The van der Waals surface area contributed by atoms with Gasteiger partial charge in [0.15, 0.2) is 0 Å². The van der Waals surface area contributed by atoms with E-state index >= 15 is 0 Å². The number of aliphatic carboxylic acids is 1. The number of carbonyl (C=O) groups is 1. The molecule has 4 nitrogen and oxygen atoms in total. The van der Waals surface area contributed by atoms with E-state index in [0.29, 0.717) is 18.8 Å². The summed E-state index contributed by atoms with van der Waals surface area (Å²) in [5.41, 5.74) is 4.73. The van der Waals surface area contributed by atoms with Gasteiger partial charge in [-0.3, -0.25) is 9.78 Å². The Kier molecular flexibility index (Phi) is 5.91. The van der Waals surface area contributed by atoms with Crippen molar-refractivity contribution in [3.05, 3.63) is 71.7 Å². The smallest absolute Gasteiger partial charge is 0.303 e. The van der Waals surface area contributed by atoms with Crippen molar-refractivity contribution >= 4 is 22.9 Å². The number of aromatic nitrogens is 1. The number of carboxylic acid groups (broad SMARTS) is 1. The minimum atomic E-state index is -0.862.